The SMILES string of the molecule is CC(C)(C)OC(=O)NC[C@@H]1C[C@H]1CO[Si](c1ccccc1)(c1ccccc1)C(C)(C)C. The van der Waals surface area contributed by atoms with E-state index in [1.807, 2.05) is 20.8 Å². The van der Waals surface area contributed by atoms with Gasteiger partial charge in [-0.25, -0.2) is 4.79 Å². The second-order valence-corrected chi connectivity index (χ2v) is 14.9. The number of alkyl carbamates (subject to hydrolysis) is 1. The lowest BCUT2D eigenvalue weighted by atomic mass is 10.2. The van der Waals surface area contributed by atoms with Crippen LogP contribution in [0, 0.1) is 11.8 Å². The summed E-state index contributed by atoms with van der Waals surface area (Å²) in [5, 5.41) is 5.50. The molecule has 0 aliphatic heterocycles. The fraction of sp³-hybridized carbons (Fsp3) is 0.500. The van der Waals surface area contributed by atoms with Crippen LogP contribution in [-0.2, 0) is 9.16 Å². The number of benzene rings is 2. The molecule has 1 aliphatic rings. The molecule has 0 spiro atoms. The number of hydrogen-bond donors (Lipinski definition) is 1. The van der Waals surface area contributed by atoms with Crippen LogP contribution in [-0.4, -0.2) is 33.2 Å². The van der Waals surface area contributed by atoms with Crippen LogP contribution in [0.4, 0.5) is 4.79 Å². The van der Waals surface area contributed by atoms with Crippen molar-refractivity contribution in [3.8, 4) is 0 Å². The van der Waals surface area contributed by atoms with Crippen molar-refractivity contribution in [3.05, 3.63) is 60.7 Å². The highest BCUT2D eigenvalue weighted by atomic mass is 28.4. The third kappa shape index (κ3) is 5.77. The Hall–Kier alpha value is -2.11. The third-order valence-corrected chi connectivity index (χ3v) is 10.9. The van der Waals surface area contributed by atoms with E-state index in [0.717, 1.165) is 6.42 Å². The van der Waals surface area contributed by atoms with Gasteiger partial charge in [0.2, 0.25) is 0 Å². The molecule has 0 bridgehead atoms. The zero-order valence-electron chi connectivity index (χ0n) is 19.8. The Morgan fingerprint density at radius 1 is 0.903 bits per heavy atom. The zero-order valence-corrected chi connectivity index (χ0v) is 20.8. The number of carbonyl (C=O) groups is 1. The van der Waals surface area contributed by atoms with Crippen LogP contribution in [0.15, 0.2) is 60.7 Å². The van der Waals surface area contributed by atoms with Crippen molar-refractivity contribution >= 4 is 24.8 Å². The summed E-state index contributed by atoms with van der Waals surface area (Å²) in [7, 11) is -2.49. The van der Waals surface area contributed by atoms with E-state index in [9.17, 15) is 4.79 Å². The minimum absolute atomic E-state index is 0.0190. The molecule has 1 N–H and O–H groups in total. The van der Waals surface area contributed by atoms with E-state index in [2.05, 4.69) is 86.8 Å². The van der Waals surface area contributed by atoms with Crippen LogP contribution in [0.5, 0.6) is 0 Å². The predicted octanol–water partition coefficient (Wildman–Crippen LogP) is 4.72. The summed E-state index contributed by atoms with van der Waals surface area (Å²) in [6.07, 6.45) is 0.736. The van der Waals surface area contributed by atoms with Crippen molar-refractivity contribution in [2.75, 3.05) is 13.2 Å². The quantitative estimate of drug-likeness (QED) is 0.635. The van der Waals surface area contributed by atoms with Crippen molar-refractivity contribution in [3.63, 3.8) is 0 Å². The molecule has 5 heteroatoms. The van der Waals surface area contributed by atoms with E-state index in [1.165, 1.54) is 10.4 Å². The van der Waals surface area contributed by atoms with E-state index < -0.39 is 13.9 Å². The first-order valence-electron chi connectivity index (χ1n) is 11.2. The van der Waals surface area contributed by atoms with Gasteiger partial charge in [0.05, 0.1) is 0 Å². The van der Waals surface area contributed by atoms with Crippen molar-refractivity contribution in [2.24, 2.45) is 11.8 Å². The maximum Gasteiger partial charge on any atom is 0.407 e. The fourth-order valence-electron chi connectivity index (χ4n) is 4.29. The van der Waals surface area contributed by atoms with Crippen LogP contribution in [0.25, 0.3) is 0 Å². The predicted molar refractivity (Wildman–Crippen MR) is 129 cm³/mol. The molecule has 0 unspecified atom stereocenters. The molecule has 3 rings (SSSR count). The Morgan fingerprint density at radius 3 is 1.87 bits per heavy atom. The highest BCUT2D eigenvalue weighted by Gasteiger charge is 2.51. The number of nitrogens with one attached hydrogen (secondary N) is 1. The molecule has 168 valence electrons. The third-order valence-electron chi connectivity index (χ3n) is 5.91. The smallest absolute Gasteiger partial charge is 0.407 e. The lowest BCUT2D eigenvalue weighted by molar-refractivity contribution is 0.0524. The Kier molecular flexibility index (Phi) is 6.97. The van der Waals surface area contributed by atoms with Crippen LogP contribution >= 0.6 is 0 Å². The van der Waals surface area contributed by atoms with Crippen molar-refractivity contribution in [1.82, 2.24) is 5.32 Å². The summed E-state index contributed by atoms with van der Waals surface area (Å²) in [4.78, 5) is 12.0. The minimum Gasteiger partial charge on any atom is -0.444 e. The molecule has 1 amide bonds. The molecule has 0 radical (unpaired) electrons. The first kappa shape index (κ1) is 23.5. The van der Waals surface area contributed by atoms with Gasteiger partial charge < -0.3 is 14.5 Å². The summed E-state index contributed by atoms with van der Waals surface area (Å²) in [5.74, 6) is 0.919. The standard InChI is InChI=1S/C26H37NO3Si/c1-25(2,3)30-24(28)27-18-20-17-21(20)19-29-31(26(4,5)6,22-13-9-7-10-14-22)23-15-11-8-12-16-23/h7-16,20-21H,17-19H2,1-6H3,(H,27,28)/t20-,21-/m0/s1. The number of rotatable bonds is 7. The molecule has 0 heterocycles. The highest BCUT2D eigenvalue weighted by Crippen LogP contribution is 2.42. The molecular weight excluding hydrogens is 402 g/mol. The van der Waals surface area contributed by atoms with Crippen LogP contribution in [0.3, 0.4) is 0 Å². The van der Waals surface area contributed by atoms with Crippen LogP contribution in [0.1, 0.15) is 48.0 Å². The lowest BCUT2D eigenvalue weighted by Crippen LogP contribution is -2.66. The Labute approximate surface area is 188 Å². The Bertz CT molecular complexity index is 816. The second kappa shape index (κ2) is 9.17. The summed E-state index contributed by atoms with van der Waals surface area (Å²) in [5.41, 5.74) is -0.473. The normalized spacial score (nSPS) is 19.0. The molecule has 2 aromatic rings. The second-order valence-electron chi connectivity index (χ2n) is 10.6. The Morgan fingerprint density at radius 2 is 1.42 bits per heavy atom. The Balaban J connectivity index is 1.72. The van der Waals surface area contributed by atoms with Gasteiger partial charge in [-0.2, -0.15) is 0 Å². The maximum atomic E-state index is 12.0. The molecule has 1 saturated carbocycles. The summed E-state index contributed by atoms with van der Waals surface area (Å²) < 4.78 is 12.4. The van der Waals surface area contributed by atoms with Gasteiger partial charge in [-0.1, -0.05) is 81.4 Å². The van der Waals surface area contributed by atoms with Gasteiger partial charge in [0.15, 0.2) is 0 Å². The van der Waals surface area contributed by atoms with Crippen LogP contribution < -0.4 is 15.7 Å². The average Bonchev–Trinajstić information content (AvgIpc) is 3.45. The van der Waals surface area contributed by atoms with Gasteiger partial charge in [0.25, 0.3) is 8.32 Å². The van der Waals surface area contributed by atoms with E-state index in [0.29, 0.717) is 25.0 Å². The molecule has 0 saturated heterocycles. The monoisotopic (exact) mass is 439 g/mol. The van der Waals surface area contributed by atoms with Gasteiger partial charge in [0.1, 0.15) is 5.60 Å². The zero-order chi connectivity index (χ0) is 22.7. The van der Waals surface area contributed by atoms with Crippen LogP contribution in [0.2, 0.25) is 5.04 Å². The molecule has 4 nitrogen and oxygen atoms in total. The van der Waals surface area contributed by atoms with E-state index in [-0.39, 0.29) is 11.1 Å². The average molecular weight is 440 g/mol. The molecule has 1 fully saturated rings. The fourth-order valence-corrected chi connectivity index (χ4v) is 8.91. The first-order chi connectivity index (χ1) is 14.5. The molecule has 31 heavy (non-hydrogen) atoms. The van der Waals surface area contributed by atoms with Gasteiger partial charge in [-0.3, -0.25) is 0 Å². The van der Waals surface area contributed by atoms with E-state index in [4.69, 9.17) is 9.16 Å². The first-order valence-corrected chi connectivity index (χ1v) is 13.2. The number of amides is 1. The number of carbonyl (C=O) groups excluding carboxylic acids is 1. The topological polar surface area (TPSA) is 47.6 Å². The maximum absolute atomic E-state index is 12.0. The number of hydrogen-bond acceptors (Lipinski definition) is 3. The van der Waals surface area contributed by atoms with E-state index in [1.54, 1.807) is 0 Å². The minimum atomic E-state index is -2.49. The number of ether oxygens (including phenoxy) is 1. The highest BCUT2D eigenvalue weighted by molar-refractivity contribution is 6.99. The molecule has 2 atom stereocenters. The molecule has 2 aromatic carbocycles. The lowest BCUT2D eigenvalue weighted by Gasteiger charge is -2.43. The molecule has 0 aromatic heterocycles. The summed E-state index contributed by atoms with van der Waals surface area (Å²) in [6.45, 7) is 13.9. The largest absolute Gasteiger partial charge is 0.444 e. The summed E-state index contributed by atoms with van der Waals surface area (Å²) in [6, 6.07) is 21.5. The van der Waals surface area contributed by atoms with Gasteiger partial charge in [-0.15, -0.1) is 0 Å². The van der Waals surface area contributed by atoms with Crippen molar-refractivity contribution < 1.29 is 14.0 Å². The molecule has 1 aliphatic carbocycles. The molecular formula is C26H37NO3Si. The van der Waals surface area contributed by atoms with Gasteiger partial charge in [0, 0.05) is 13.2 Å². The van der Waals surface area contributed by atoms with Crippen molar-refractivity contribution in [1.29, 1.82) is 0 Å². The summed E-state index contributed by atoms with van der Waals surface area (Å²) >= 11 is 0. The van der Waals surface area contributed by atoms with Gasteiger partial charge >= 0.3 is 6.09 Å². The van der Waals surface area contributed by atoms with Crippen molar-refractivity contribution in [2.45, 2.75) is 58.6 Å². The van der Waals surface area contributed by atoms with E-state index >= 15 is 0 Å². The van der Waals surface area contributed by atoms with Gasteiger partial charge in [-0.05, 0) is 54.4 Å².